The van der Waals surface area contributed by atoms with Crippen LogP contribution in [0.4, 0.5) is 11.4 Å². The van der Waals surface area contributed by atoms with E-state index in [1.807, 2.05) is 44.2 Å². The van der Waals surface area contributed by atoms with Crippen LogP contribution >= 0.6 is 0 Å². The molecule has 0 N–H and O–H groups in total. The summed E-state index contributed by atoms with van der Waals surface area (Å²) in [5.74, 6) is -1.93. The lowest BCUT2D eigenvalue weighted by Gasteiger charge is -2.32. The molecule has 3 aromatic rings. The fraction of sp³-hybridized carbons (Fsp3) is 0.200. The number of rotatable bonds is 3. The topological polar surface area (TPSA) is 74.8 Å². The molecule has 1 saturated heterocycles. The Labute approximate surface area is 187 Å². The van der Waals surface area contributed by atoms with Gasteiger partial charge in [0, 0.05) is 11.3 Å². The van der Waals surface area contributed by atoms with E-state index in [-0.39, 0.29) is 6.54 Å². The maximum absolute atomic E-state index is 14.0. The minimum atomic E-state index is -4.16. The third-order valence-corrected chi connectivity index (χ3v) is 8.25. The summed E-state index contributed by atoms with van der Waals surface area (Å²) in [5.41, 5.74) is 4.06. The van der Waals surface area contributed by atoms with Crippen LogP contribution in [0.1, 0.15) is 22.3 Å². The van der Waals surface area contributed by atoms with Crippen molar-refractivity contribution in [1.82, 2.24) is 0 Å². The van der Waals surface area contributed by atoms with Gasteiger partial charge in [0.25, 0.3) is 10.8 Å². The summed E-state index contributed by atoms with van der Waals surface area (Å²) in [6.45, 7) is 4.05. The predicted molar refractivity (Wildman–Crippen MR) is 123 cm³/mol. The highest BCUT2D eigenvalue weighted by molar-refractivity contribution is 7.94. The average Bonchev–Trinajstić information content (AvgIpc) is 3.12. The van der Waals surface area contributed by atoms with Crippen molar-refractivity contribution in [3.63, 3.8) is 0 Å². The lowest BCUT2D eigenvalue weighted by atomic mass is 10.0. The van der Waals surface area contributed by atoms with Crippen molar-refractivity contribution in [1.29, 1.82) is 0 Å². The van der Waals surface area contributed by atoms with Crippen molar-refractivity contribution < 1.29 is 18.0 Å². The van der Waals surface area contributed by atoms with Gasteiger partial charge in [-0.2, -0.15) is 0 Å². The van der Waals surface area contributed by atoms with Gasteiger partial charge >= 0.3 is 0 Å². The molecular formula is C25H22N2O4S. The predicted octanol–water partition coefficient (Wildman–Crippen LogP) is 3.46. The molecule has 0 aromatic heterocycles. The van der Waals surface area contributed by atoms with Crippen molar-refractivity contribution in [3.8, 4) is 0 Å². The van der Waals surface area contributed by atoms with E-state index in [0.29, 0.717) is 16.9 Å². The minimum Gasteiger partial charge on any atom is -0.304 e. The third-order valence-electron chi connectivity index (χ3n) is 6.14. The van der Waals surface area contributed by atoms with Crippen LogP contribution in [-0.2, 0) is 30.8 Å². The Morgan fingerprint density at radius 2 is 1.59 bits per heavy atom. The van der Waals surface area contributed by atoms with Gasteiger partial charge in [0.1, 0.15) is 5.75 Å². The van der Waals surface area contributed by atoms with Crippen molar-refractivity contribution >= 4 is 33.0 Å². The summed E-state index contributed by atoms with van der Waals surface area (Å²) in [4.78, 5) is 27.7. The Bertz CT molecular complexity index is 1360. The first-order valence-corrected chi connectivity index (χ1v) is 12.0. The number of amides is 2. The van der Waals surface area contributed by atoms with Gasteiger partial charge in [-0.05, 0) is 43.2 Å². The summed E-state index contributed by atoms with van der Waals surface area (Å²) < 4.78 is 27.1. The highest BCUT2D eigenvalue weighted by Gasteiger charge is 2.69. The normalized spacial score (nSPS) is 21.4. The van der Waals surface area contributed by atoms with Crippen LogP contribution in [0.5, 0.6) is 0 Å². The van der Waals surface area contributed by atoms with Crippen molar-refractivity contribution in [2.45, 2.75) is 25.3 Å². The summed E-state index contributed by atoms with van der Waals surface area (Å²) in [6.07, 6.45) is 0. The number of carbonyl (C=O) groups is 2. The SMILES string of the molecule is Cc1ccc(CN2C(=O)[C@@]3(c4ccccc42)N(c2cccc(C)c2)C(=O)CS3(=O)=O)cc1. The van der Waals surface area contributed by atoms with Crippen LogP contribution in [-0.4, -0.2) is 26.0 Å². The molecule has 0 bridgehead atoms. The molecule has 2 heterocycles. The number of anilines is 2. The molecule has 1 spiro atoms. The number of aryl methyl sites for hydroxylation is 2. The number of benzene rings is 3. The summed E-state index contributed by atoms with van der Waals surface area (Å²) >= 11 is 0. The van der Waals surface area contributed by atoms with Gasteiger partial charge in [0.2, 0.25) is 5.91 Å². The Kier molecular flexibility index (Phi) is 4.49. The van der Waals surface area contributed by atoms with E-state index in [2.05, 4.69) is 0 Å². The highest BCUT2D eigenvalue weighted by Crippen LogP contribution is 2.52. The first-order chi connectivity index (χ1) is 15.3. The smallest absolute Gasteiger partial charge is 0.274 e. The summed E-state index contributed by atoms with van der Waals surface area (Å²) in [7, 11) is -4.16. The number of fused-ring (bicyclic) bond motifs is 2. The molecule has 6 nitrogen and oxygen atoms in total. The Hall–Kier alpha value is -3.45. The molecule has 2 amide bonds. The van der Waals surface area contributed by atoms with Crippen LogP contribution in [0.2, 0.25) is 0 Å². The molecule has 2 aliphatic rings. The van der Waals surface area contributed by atoms with Gasteiger partial charge in [0.15, 0.2) is 9.84 Å². The standard InChI is InChI=1S/C25H22N2O4S/c1-17-10-12-19(13-11-17)15-26-22-9-4-3-8-21(22)25(24(26)29)27(23(28)16-32(25,30)31)20-7-5-6-18(2)14-20/h3-14H,15-16H2,1-2H3/t25-/m0/s1. The molecule has 7 heteroatoms. The first-order valence-electron chi connectivity index (χ1n) is 10.3. The van der Waals surface area contributed by atoms with Gasteiger partial charge in [-0.3, -0.25) is 14.5 Å². The van der Waals surface area contributed by atoms with Crippen LogP contribution in [0.3, 0.4) is 0 Å². The minimum absolute atomic E-state index is 0.212. The number of hydrogen-bond acceptors (Lipinski definition) is 4. The van der Waals surface area contributed by atoms with E-state index in [9.17, 15) is 18.0 Å². The van der Waals surface area contributed by atoms with E-state index in [0.717, 1.165) is 16.7 Å². The monoisotopic (exact) mass is 446 g/mol. The molecule has 162 valence electrons. The Balaban J connectivity index is 1.73. The molecule has 2 aliphatic heterocycles. The molecule has 0 saturated carbocycles. The van der Waals surface area contributed by atoms with Gasteiger partial charge in [0.05, 0.1) is 12.2 Å². The lowest BCUT2D eigenvalue weighted by Crippen LogP contribution is -2.54. The van der Waals surface area contributed by atoms with Crippen LogP contribution in [0.25, 0.3) is 0 Å². The molecular weight excluding hydrogens is 424 g/mol. The maximum Gasteiger partial charge on any atom is 0.274 e. The van der Waals surface area contributed by atoms with E-state index < -0.39 is 32.3 Å². The van der Waals surface area contributed by atoms with Crippen molar-refractivity contribution in [3.05, 3.63) is 95.1 Å². The fourth-order valence-electron chi connectivity index (χ4n) is 4.69. The molecule has 0 aliphatic carbocycles. The average molecular weight is 447 g/mol. The highest BCUT2D eigenvalue weighted by atomic mass is 32.2. The molecule has 5 rings (SSSR count). The number of hydrogen-bond donors (Lipinski definition) is 0. The van der Waals surface area contributed by atoms with Gasteiger partial charge < -0.3 is 4.90 Å². The second-order valence-corrected chi connectivity index (χ2v) is 10.5. The largest absolute Gasteiger partial charge is 0.304 e. The molecule has 1 atom stereocenters. The maximum atomic E-state index is 14.0. The number of nitrogens with zero attached hydrogens (tertiary/aromatic N) is 2. The number of para-hydroxylation sites is 1. The van der Waals surface area contributed by atoms with Gasteiger partial charge in [-0.1, -0.05) is 60.2 Å². The Morgan fingerprint density at radius 3 is 2.31 bits per heavy atom. The van der Waals surface area contributed by atoms with Crippen LogP contribution in [0, 0.1) is 13.8 Å². The van der Waals surface area contributed by atoms with Crippen LogP contribution in [0.15, 0.2) is 72.8 Å². The number of carbonyl (C=O) groups excluding carboxylic acids is 2. The summed E-state index contributed by atoms with van der Waals surface area (Å²) in [6, 6.07) is 21.6. The first kappa shape index (κ1) is 20.5. The zero-order chi connectivity index (χ0) is 22.7. The second-order valence-electron chi connectivity index (χ2n) is 8.37. The van der Waals surface area contributed by atoms with Gasteiger partial charge in [-0.15, -0.1) is 0 Å². The van der Waals surface area contributed by atoms with E-state index in [1.165, 1.54) is 9.80 Å². The Morgan fingerprint density at radius 1 is 0.875 bits per heavy atom. The molecule has 0 radical (unpaired) electrons. The third kappa shape index (κ3) is 2.74. The van der Waals surface area contributed by atoms with Crippen molar-refractivity contribution in [2.24, 2.45) is 0 Å². The number of sulfone groups is 1. The lowest BCUT2D eigenvalue weighted by molar-refractivity contribution is -0.123. The van der Waals surface area contributed by atoms with E-state index >= 15 is 0 Å². The van der Waals surface area contributed by atoms with E-state index in [1.54, 1.807) is 42.5 Å². The summed E-state index contributed by atoms with van der Waals surface area (Å²) in [5, 5.41) is 0. The molecule has 32 heavy (non-hydrogen) atoms. The molecule has 1 fully saturated rings. The van der Waals surface area contributed by atoms with E-state index in [4.69, 9.17) is 0 Å². The zero-order valence-corrected chi connectivity index (χ0v) is 18.6. The fourth-order valence-corrected chi connectivity index (χ4v) is 6.72. The molecule has 0 unspecified atom stereocenters. The second kappa shape index (κ2) is 7.03. The van der Waals surface area contributed by atoms with Crippen LogP contribution < -0.4 is 9.80 Å². The zero-order valence-electron chi connectivity index (χ0n) is 17.8. The van der Waals surface area contributed by atoms with Gasteiger partial charge in [-0.25, -0.2) is 8.42 Å². The quantitative estimate of drug-likeness (QED) is 0.618. The molecule has 3 aromatic carbocycles. The van der Waals surface area contributed by atoms with Crippen molar-refractivity contribution in [2.75, 3.05) is 15.6 Å².